The van der Waals surface area contributed by atoms with Gasteiger partial charge >= 0.3 is 12.0 Å². The summed E-state index contributed by atoms with van der Waals surface area (Å²) >= 11 is 1.60. The van der Waals surface area contributed by atoms with Gasteiger partial charge in [0.25, 0.3) is 0 Å². The van der Waals surface area contributed by atoms with Crippen molar-refractivity contribution in [2.24, 2.45) is 0 Å². The van der Waals surface area contributed by atoms with Crippen LogP contribution in [0.5, 0.6) is 0 Å². The minimum absolute atomic E-state index is 0.0529. The number of thiophene rings is 1. The lowest BCUT2D eigenvalue weighted by molar-refractivity contribution is -0.138. The number of amides is 2. The standard InChI is InChI=1S/C15H24N2O3S/c1-4-7-12(13-8-6-9-21-13)16-15(20)17(10-14(18)19)11(3)5-2/h6,8-9,11-12H,4-5,7,10H2,1-3H3,(H,16,20)(H,18,19). The first-order valence-corrected chi connectivity index (χ1v) is 8.19. The second kappa shape index (κ2) is 8.67. The van der Waals surface area contributed by atoms with Gasteiger partial charge in [-0.25, -0.2) is 4.79 Å². The summed E-state index contributed by atoms with van der Waals surface area (Å²) < 4.78 is 0. The zero-order valence-electron chi connectivity index (χ0n) is 12.8. The monoisotopic (exact) mass is 312 g/mol. The van der Waals surface area contributed by atoms with E-state index in [1.807, 2.05) is 31.4 Å². The van der Waals surface area contributed by atoms with Gasteiger partial charge in [-0.2, -0.15) is 0 Å². The number of nitrogens with one attached hydrogen (secondary N) is 1. The van der Waals surface area contributed by atoms with Crippen molar-refractivity contribution in [1.82, 2.24) is 10.2 Å². The van der Waals surface area contributed by atoms with E-state index in [1.54, 1.807) is 11.3 Å². The fraction of sp³-hybridized carbons (Fsp3) is 0.600. The lowest BCUT2D eigenvalue weighted by Crippen LogP contribution is -2.48. The summed E-state index contributed by atoms with van der Waals surface area (Å²) in [5, 5.41) is 13.9. The Morgan fingerprint density at radius 2 is 2.14 bits per heavy atom. The minimum atomic E-state index is -0.992. The zero-order valence-corrected chi connectivity index (χ0v) is 13.7. The molecule has 0 aromatic carbocycles. The maximum Gasteiger partial charge on any atom is 0.323 e. The largest absolute Gasteiger partial charge is 0.480 e. The Morgan fingerprint density at radius 3 is 2.62 bits per heavy atom. The fourth-order valence-corrected chi connectivity index (χ4v) is 2.90. The quantitative estimate of drug-likeness (QED) is 0.772. The Kier molecular flexibility index (Phi) is 7.22. The number of aliphatic carboxylic acids is 1. The highest BCUT2D eigenvalue weighted by Crippen LogP contribution is 2.23. The molecule has 0 aliphatic heterocycles. The fourth-order valence-electron chi connectivity index (χ4n) is 2.09. The molecule has 1 aromatic heterocycles. The molecule has 21 heavy (non-hydrogen) atoms. The number of hydrogen-bond donors (Lipinski definition) is 2. The van der Waals surface area contributed by atoms with Gasteiger partial charge in [-0.05, 0) is 31.2 Å². The predicted molar refractivity (Wildman–Crippen MR) is 84.6 cm³/mol. The molecule has 2 N–H and O–H groups in total. The van der Waals surface area contributed by atoms with Crippen LogP contribution in [-0.4, -0.2) is 34.6 Å². The SMILES string of the molecule is CCCC(NC(=O)N(CC(=O)O)C(C)CC)c1cccs1. The number of carboxylic acids is 1. The second-order valence-electron chi connectivity index (χ2n) is 5.09. The zero-order chi connectivity index (χ0) is 15.8. The number of nitrogens with zero attached hydrogens (tertiary/aromatic N) is 1. The molecular formula is C15H24N2O3S. The van der Waals surface area contributed by atoms with E-state index in [9.17, 15) is 9.59 Å². The first-order chi connectivity index (χ1) is 9.99. The highest BCUT2D eigenvalue weighted by molar-refractivity contribution is 7.10. The van der Waals surface area contributed by atoms with E-state index in [4.69, 9.17) is 5.11 Å². The molecule has 2 amide bonds. The number of hydrogen-bond acceptors (Lipinski definition) is 3. The molecule has 0 spiro atoms. The third-order valence-corrected chi connectivity index (χ3v) is 4.44. The average molecular weight is 312 g/mol. The first-order valence-electron chi connectivity index (χ1n) is 7.31. The Labute approximate surface area is 130 Å². The third kappa shape index (κ3) is 5.38. The summed E-state index contributed by atoms with van der Waals surface area (Å²) in [5.41, 5.74) is 0. The van der Waals surface area contributed by atoms with E-state index in [-0.39, 0.29) is 24.7 Å². The molecule has 0 aliphatic rings. The number of rotatable bonds is 8. The van der Waals surface area contributed by atoms with Crippen LogP contribution in [0, 0.1) is 0 Å². The summed E-state index contributed by atoms with van der Waals surface area (Å²) in [6.07, 6.45) is 2.51. The van der Waals surface area contributed by atoms with Crippen molar-refractivity contribution in [2.45, 2.75) is 52.1 Å². The summed E-state index contributed by atoms with van der Waals surface area (Å²) in [4.78, 5) is 25.9. The smallest absolute Gasteiger partial charge is 0.323 e. The Morgan fingerprint density at radius 1 is 1.43 bits per heavy atom. The van der Waals surface area contributed by atoms with Crippen molar-refractivity contribution in [3.63, 3.8) is 0 Å². The summed E-state index contributed by atoms with van der Waals surface area (Å²) in [7, 11) is 0. The minimum Gasteiger partial charge on any atom is -0.480 e. The first kappa shape index (κ1) is 17.5. The van der Waals surface area contributed by atoms with E-state index >= 15 is 0 Å². The van der Waals surface area contributed by atoms with Crippen LogP contribution in [0.2, 0.25) is 0 Å². The molecule has 6 heteroatoms. The van der Waals surface area contributed by atoms with Gasteiger partial charge in [0.1, 0.15) is 6.54 Å². The molecule has 0 bridgehead atoms. The number of carboxylic acid groups (broad SMARTS) is 1. The molecule has 1 aromatic rings. The van der Waals surface area contributed by atoms with Gasteiger partial charge in [0, 0.05) is 10.9 Å². The van der Waals surface area contributed by atoms with Crippen LogP contribution < -0.4 is 5.32 Å². The van der Waals surface area contributed by atoms with Crippen molar-refractivity contribution >= 4 is 23.3 Å². The summed E-state index contributed by atoms with van der Waals surface area (Å²) in [5.74, 6) is -0.992. The highest BCUT2D eigenvalue weighted by atomic mass is 32.1. The van der Waals surface area contributed by atoms with Gasteiger partial charge in [0.2, 0.25) is 0 Å². The van der Waals surface area contributed by atoms with E-state index in [0.29, 0.717) is 0 Å². The van der Waals surface area contributed by atoms with Gasteiger partial charge in [-0.1, -0.05) is 26.3 Å². The Balaban J connectivity index is 2.79. The number of carbonyl (C=O) groups is 2. The van der Waals surface area contributed by atoms with Gasteiger partial charge in [0.05, 0.1) is 6.04 Å². The van der Waals surface area contributed by atoms with Crippen molar-refractivity contribution in [2.75, 3.05) is 6.54 Å². The van der Waals surface area contributed by atoms with Crippen molar-refractivity contribution < 1.29 is 14.7 Å². The third-order valence-electron chi connectivity index (χ3n) is 3.45. The molecule has 0 fully saturated rings. The normalized spacial score (nSPS) is 13.5. The summed E-state index contributed by atoms with van der Waals surface area (Å²) in [6, 6.07) is 3.49. The van der Waals surface area contributed by atoms with Crippen molar-refractivity contribution in [3.05, 3.63) is 22.4 Å². The molecule has 0 saturated carbocycles. The Bertz CT molecular complexity index is 448. The molecule has 2 unspecified atom stereocenters. The van der Waals surface area contributed by atoms with E-state index in [1.165, 1.54) is 4.90 Å². The van der Waals surface area contributed by atoms with Crippen molar-refractivity contribution in [1.29, 1.82) is 0 Å². The Hall–Kier alpha value is -1.56. The average Bonchev–Trinajstić information content (AvgIpc) is 2.97. The lowest BCUT2D eigenvalue weighted by atomic mass is 10.1. The van der Waals surface area contributed by atoms with Crippen LogP contribution >= 0.6 is 11.3 Å². The molecule has 118 valence electrons. The lowest BCUT2D eigenvalue weighted by Gasteiger charge is -2.29. The predicted octanol–water partition coefficient (Wildman–Crippen LogP) is 3.48. The van der Waals surface area contributed by atoms with Gasteiger partial charge in [-0.15, -0.1) is 11.3 Å². The van der Waals surface area contributed by atoms with Gasteiger partial charge < -0.3 is 15.3 Å². The molecular weight excluding hydrogens is 288 g/mol. The number of carbonyl (C=O) groups excluding carboxylic acids is 1. The maximum absolute atomic E-state index is 12.4. The van der Waals surface area contributed by atoms with Crippen LogP contribution in [0.25, 0.3) is 0 Å². The van der Waals surface area contributed by atoms with E-state index in [2.05, 4.69) is 12.2 Å². The molecule has 2 atom stereocenters. The highest BCUT2D eigenvalue weighted by Gasteiger charge is 2.24. The van der Waals surface area contributed by atoms with Gasteiger partial charge in [-0.3, -0.25) is 4.79 Å². The molecule has 0 aliphatic carbocycles. The van der Waals surface area contributed by atoms with Crippen LogP contribution in [0.1, 0.15) is 51.0 Å². The van der Waals surface area contributed by atoms with E-state index in [0.717, 1.165) is 24.1 Å². The van der Waals surface area contributed by atoms with Crippen LogP contribution in [-0.2, 0) is 4.79 Å². The molecule has 0 radical (unpaired) electrons. The maximum atomic E-state index is 12.4. The summed E-state index contributed by atoms with van der Waals surface area (Å²) in [6.45, 7) is 5.60. The van der Waals surface area contributed by atoms with Crippen molar-refractivity contribution in [3.8, 4) is 0 Å². The number of urea groups is 1. The molecule has 0 saturated heterocycles. The van der Waals surface area contributed by atoms with E-state index < -0.39 is 5.97 Å². The second-order valence-corrected chi connectivity index (χ2v) is 6.06. The molecule has 5 nitrogen and oxygen atoms in total. The topological polar surface area (TPSA) is 69.6 Å². The molecule has 1 rings (SSSR count). The van der Waals surface area contributed by atoms with Gasteiger partial charge in [0.15, 0.2) is 0 Å². The molecule has 1 heterocycles. The van der Waals surface area contributed by atoms with Crippen LogP contribution in [0.15, 0.2) is 17.5 Å². The van der Waals surface area contributed by atoms with Crippen LogP contribution in [0.3, 0.4) is 0 Å². The van der Waals surface area contributed by atoms with Crippen LogP contribution in [0.4, 0.5) is 4.79 Å².